The zero-order valence-corrected chi connectivity index (χ0v) is 22.3. The quantitative estimate of drug-likeness (QED) is 0.303. The number of carbonyl (C=O) groups excluding carboxylic acids is 2. The third-order valence-corrected chi connectivity index (χ3v) is 6.76. The van der Waals surface area contributed by atoms with Crippen molar-refractivity contribution in [3.63, 3.8) is 0 Å². The molecule has 2 amide bonds. The molecule has 190 valence electrons. The van der Waals surface area contributed by atoms with Crippen molar-refractivity contribution in [2.45, 2.75) is 65.0 Å². The van der Waals surface area contributed by atoms with Gasteiger partial charge < -0.3 is 10.2 Å². The molecule has 0 spiro atoms. The first-order chi connectivity index (χ1) is 17.4. The van der Waals surface area contributed by atoms with E-state index in [9.17, 15) is 9.59 Å². The van der Waals surface area contributed by atoms with E-state index in [-0.39, 0.29) is 18.4 Å². The molecule has 1 atom stereocenters. The van der Waals surface area contributed by atoms with Gasteiger partial charge in [0.25, 0.3) is 0 Å². The number of halogens is 1. The molecule has 3 rings (SSSR count). The number of rotatable bonds is 12. The summed E-state index contributed by atoms with van der Waals surface area (Å²) in [5.74, 6) is 0.269. The Hall–Kier alpha value is -3.11. The van der Waals surface area contributed by atoms with Crippen LogP contribution in [0.3, 0.4) is 0 Å². The van der Waals surface area contributed by atoms with Crippen LogP contribution < -0.4 is 5.32 Å². The van der Waals surface area contributed by atoms with Gasteiger partial charge in [-0.2, -0.15) is 0 Å². The van der Waals surface area contributed by atoms with E-state index in [2.05, 4.69) is 43.4 Å². The van der Waals surface area contributed by atoms with E-state index in [0.29, 0.717) is 36.7 Å². The molecule has 0 heterocycles. The summed E-state index contributed by atoms with van der Waals surface area (Å²) in [5, 5.41) is 3.60. The summed E-state index contributed by atoms with van der Waals surface area (Å²) in [6.45, 7) is 7.20. The second-order valence-electron chi connectivity index (χ2n) is 9.51. The van der Waals surface area contributed by atoms with Crippen LogP contribution >= 0.6 is 11.6 Å². The molecule has 0 aromatic heterocycles. The third kappa shape index (κ3) is 7.96. The normalized spacial score (nSPS) is 11.8. The van der Waals surface area contributed by atoms with Gasteiger partial charge in [-0.3, -0.25) is 9.59 Å². The molecule has 36 heavy (non-hydrogen) atoms. The van der Waals surface area contributed by atoms with Crippen LogP contribution in [0.2, 0.25) is 5.02 Å². The van der Waals surface area contributed by atoms with Crippen LogP contribution in [0.15, 0.2) is 78.9 Å². The molecule has 0 aliphatic heterocycles. The summed E-state index contributed by atoms with van der Waals surface area (Å²) in [5.41, 5.74) is 4.23. The molecule has 4 nitrogen and oxygen atoms in total. The van der Waals surface area contributed by atoms with Crippen molar-refractivity contribution in [2.75, 3.05) is 6.54 Å². The molecule has 0 aliphatic rings. The topological polar surface area (TPSA) is 49.4 Å². The zero-order chi connectivity index (χ0) is 25.9. The van der Waals surface area contributed by atoms with E-state index in [0.717, 1.165) is 23.1 Å². The summed E-state index contributed by atoms with van der Waals surface area (Å²) in [6, 6.07) is 25.2. The van der Waals surface area contributed by atoms with E-state index < -0.39 is 6.04 Å². The van der Waals surface area contributed by atoms with Gasteiger partial charge in [0.1, 0.15) is 6.04 Å². The van der Waals surface area contributed by atoms with Gasteiger partial charge in [0.2, 0.25) is 11.8 Å². The molecule has 3 aromatic rings. The fourth-order valence-electron chi connectivity index (χ4n) is 4.19. The van der Waals surface area contributed by atoms with Crippen molar-refractivity contribution in [1.29, 1.82) is 0 Å². The predicted octanol–water partition coefficient (Wildman–Crippen LogP) is 6.56. The first-order valence-corrected chi connectivity index (χ1v) is 13.2. The van der Waals surface area contributed by atoms with Crippen LogP contribution in [0.1, 0.15) is 61.8 Å². The van der Waals surface area contributed by atoms with E-state index in [1.807, 2.05) is 61.5 Å². The Labute approximate surface area is 220 Å². The first-order valence-electron chi connectivity index (χ1n) is 12.8. The number of carbonyl (C=O) groups is 2. The Morgan fingerprint density at radius 3 is 2.19 bits per heavy atom. The van der Waals surface area contributed by atoms with Crippen molar-refractivity contribution in [1.82, 2.24) is 10.2 Å². The van der Waals surface area contributed by atoms with Crippen molar-refractivity contribution in [2.24, 2.45) is 0 Å². The van der Waals surface area contributed by atoms with Crippen molar-refractivity contribution in [3.8, 4) is 0 Å². The average Bonchev–Trinajstić information content (AvgIpc) is 2.89. The van der Waals surface area contributed by atoms with Gasteiger partial charge in [0.05, 0.1) is 0 Å². The summed E-state index contributed by atoms with van der Waals surface area (Å²) in [7, 11) is 0. The lowest BCUT2D eigenvalue weighted by atomic mass is 9.99. The molecular weight excluding hydrogens is 468 g/mol. The highest BCUT2D eigenvalue weighted by molar-refractivity contribution is 6.31. The minimum atomic E-state index is -0.633. The summed E-state index contributed by atoms with van der Waals surface area (Å²) in [6.07, 6.45) is 2.20. The number of nitrogens with zero attached hydrogens (tertiary/aromatic N) is 1. The van der Waals surface area contributed by atoms with Crippen LogP contribution in [-0.4, -0.2) is 29.3 Å². The van der Waals surface area contributed by atoms with Gasteiger partial charge in [-0.1, -0.05) is 105 Å². The monoisotopic (exact) mass is 504 g/mol. The molecular formula is C31H37ClN2O2. The van der Waals surface area contributed by atoms with Gasteiger partial charge in [-0.15, -0.1) is 0 Å². The molecule has 0 fully saturated rings. The Morgan fingerprint density at radius 2 is 1.56 bits per heavy atom. The highest BCUT2D eigenvalue weighted by Crippen LogP contribution is 2.22. The molecule has 5 heteroatoms. The van der Waals surface area contributed by atoms with Crippen LogP contribution in [0, 0.1) is 0 Å². The number of amides is 2. The van der Waals surface area contributed by atoms with E-state index in [4.69, 9.17) is 11.6 Å². The third-order valence-electron chi connectivity index (χ3n) is 6.39. The Kier molecular flexibility index (Phi) is 10.6. The molecule has 0 aliphatic carbocycles. The largest absolute Gasteiger partial charge is 0.354 e. The van der Waals surface area contributed by atoms with E-state index >= 15 is 0 Å². The average molecular weight is 505 g/mol. The number of hydrogen-bond acceptors (Lipinski definition) is 2. The number of nitrogens with one attached hydrogen (secondary N) is 1. The standard InChI is InChI=1S/C31H37ClN2O2/c1-4-20-33-31(36)29(21-25-10-6-5-7-11-25)34(22-27-12-8-9-13-28(27)32)30(35)19-16-24-14-17-26(18-15-24)23(2)3/h5-15,17-18,23,29H,4,16,19-22H2,1-3H3,(H,33,36)/t29-/m1/s1. The highest BCUT2D eigenvalue weighted by atomic mass is 35.5. The Balaban J connectivity index is 1.87. The fraction of sp³-hybridized carbons (Fsp3) is 0.355. The second-order valence-corrected chi connectivity index (χ2v) is 9.91. The van der Waals surface area contributed by atoms with E-state index in [1.54, 1.807) is 4.90 Å². The molecule has 0 unspecified atom stereocenters. The van der Waals surface area contributed by atoms with Gasteiger partial charge >= 0.3 is 0 Å². The maximum Gasteiger partial charge on any atom is 0.243 e. The fourth-order valence-corrected chi connectivity index (χ4v) is 4.39. The maximum atomic E-state index is 13.7. The Bertz CT molecular complexity index is 1110. The highest BCUT2D eigenvalue weighted by Gasteiger charge is 2.30. The summed E-state index contributed by atoms with van der Waals surface area (Å²) < 4.78 is 0. The lowest BCUT2D eigenvalue weighted by Gasteiger charge is -2.32. The van der Waals surface area contributed by atoms with Crippen LogP contribution in [0.4, 0.5) is 0 Å². The second kappa shape index (κ2) is 13.8. The zero-order valence-electron chi connectivity index (χ0n) is 21.5. The molecule has 0 radical (unpaired) electrons. The number of aryl methyl sites for hydroxylation is 1. The SMILES string of the molecule is CCCNC(=O)[C@@H](Cc1ccccc1)N(Cc1ccccc1Cl)C(=O)CCc1ccc(C(C)C)cc1. The van der Waals surface area contributed by atoms with Crippen molar-refractivity contribution in [3.05, 3.63) is 106 Å². The van der Waals surface area contributed by atoms with Gasteiger partial charge in [0.15, 0.2) is 0 Å². The van der Waals surface area contributed by atoms with Gasteiger partial charge in [0, 0.05) is 31.0 Å². The first kappa shape index (κ1) is 27.5. The van der Waals surface area contributed by atoms with E-state index in [1.165, 1.54) is 5.56 Å². The van der Waals surface area contributed by atoms with Gasteiger partial charge in [-0.25, -0.2) is 0 Å². The van der Waals surface area contributed by atoms with Crippen molar-refractivity contribution >= 4 is 23.4 Å². The molecule has 3 aromatic carbocycles. The molecule has 0 bridgehead atoms. The minimum absolute atomic E-state index is 0.0598. The smallest absolute Gasteiger partial charge is 0.243 e. The molecule has 1 N–H and O–H groups in total. The Morgan fingerprint density at radius 1 is 0.889 bits per heavy atom. The molecule has 0 saturated heterocycles. The van der Waals surface area contributed by atoms with Crippen LogP contribution in [0.25, 0.3) is 0 Å². The van der Waals surface area contributed by atoms with Crippen LogP contribution in [0.5, 0.6) is 0 Å². The predicted molar refractivity (Wildman–Crippen MR) is 148 cm³/mol. The summed E-state index contributed by atoms with van der Waals surface area (Å²) in [4.78, 5) is 28.8. The molecule has 0 saturated carbocycles. The lowest BCUT2D eigenvalue weighted by Crippen LogP contribution is -2.50. The number of benzene rings is 3. The van der Waals surface area contributed by atoms with Crippen molar-refractivity contribution < 1.29 is 9.59 Å². The van der Waals surface area contributed by atoms with Crippen LogP contribution in [-0.2, 0) is 29.0 Å². The maximum absolute atomic E-state index is 13.7. The number of hydrogen-bond donors (Lipinski definition) is 1. The van der Waals surface area contributed by atoms with Gasteiger partial charge in [-0.05, 0) is 47.1 Å². The lowest BCUT2D eigenvalue weighted by molar-refractivity contribution is -0.141. The minimum Gasteiger partial charge on any atom is -0.354 e. The summed E-state index contributed by atoms with van der Waals surface area (Å²) >= 11 is 6.48.